The average Bonchev–Trinajstić information content (AvgIpc) is 2.98. The van der Waals surface area contributed by atoms with Crippen molar-refractivity contribution in [1.82, 2.24) is 9.88 Å². The van der Waals surface area contributed by atoms with Crippen molar-refractivity contribution in [1.29, 1.82) is 0 Å². The van der Waals surface area contributed by atoms with Crippen molar-refractivity contribution in [2.75, 3.05) is 20.3 Å². The molecule has 1 N–H and O–H groups in total. The van der Waals surface area contributed by atoms with Crippen molar-refractivity contribution in [3.05, 3.63) is 67.1 Å². The maximum absolute atomic E-state index is 12.4. The molecule has 0 saturated heterocycles. The number of nitrogens with zero attached hydrogens (tertiary/aromatic N) is 1. The van der Waals surface area contributed by atoms with Gasteiger partial charge in [-0.05, 0) is 36.1 Å². The number of benzene rings is 1. The van der Waals surface area contributed by atoms with Crippen molar-refractivity contribution >= 4 is 33.8 Å². The number of rotatable bonds is 7. The second-order valence-electron chi connectivity index (χ2n) is 6.05. The van der Waals surface area contributed by atoms with Crippen molar-refractivity contribution in [3.63, 3.8) is 0 Å². The van der Waals surface area contributed by atoms with E-state index < -0.39 is 0 Å². The van der Waals surface area contributed by atoms with E-state index in [1.165, 1.54) is 10.4 Å². The van der Waals surface area contributed by atoms with Gasteiger partial charge in [0.25, 0.3) is 0 Å². The van der Waals surface area contributed by atoms with Crippen LogP contribution < -0.4 is 5.43 Å². The number of fused-ring (bicyclic) bond motifs is 1. The van der Waals surface area contributed by atoms with E-state index >= 15 is 0 Å². The van der Waals surface area contributed by atoms with Crippen LogP contribution >= 0.6 is 22.9 Å². The summed E-state index contributed by atoms with van der Waals surface area (Å²) in [5, 5.41) is 3.29. The molecule has 2 heterocycles. The first kappa shape index (κ1) is 18.1. The fraction of sp³-hybridized carbons (Fsp3) is 0.316. The van der Waals surface area contributed by atoms with Crippen molar-refractivity contribution < 1.29 is 4.74 Å². The maximum Gasteiger partial charge on any atom is 0.189 e. The minimum Gasteiger partial charge on any atom is -0.383 e. The molecule has 0 aliphatic rings. The Bertz CT molecular complexity index is 919. The highest BCUT2D eigenvalue weighted by Gasteiger charge is 2.12. The summed E-state index contributed by atoms with van der Waals surface area (Å²) in [6, 6.07) is 9.18. The summed E-state index contributed by atoms with van der Waals surface area (Å²) in [5.41, 5.74) is 2.84. The van der Waals surface area contributed by atoms with Gasteiger partial charge in [0.1, 0.15) is 0 Å². The number of pyridine rings is 1. The normalized spacial score (nSPS) is 11.5. The van der Waals surface area contributed by atoms with Gasteiger partial charge in [-0.3, -0.25) is 9.69 Å². The molecular weight excluding hydrogens is 356 g/mol. The van der Waals surface area contributed by atoms with Gasteiger partial charge in [-0.15, -0.1) is 11.3 Å². The standard InChI is InChI=1S/C19H21ClN2O2S/c1-13-6-9-25-18(13)12-22(7-8-24-2)11-14-10-17(23)15-4-3-5-16(20)19(15)21-14/h3-6,9-10H,7-8,11-12H2,1-2H3,(H,21,23). The number of aromatic nitrogens is 1. The molecule has 0 aliphatic carbocycles. The zero-order valence-electron chi connectivity index (χ0n) is 14.3. The number of nitrogens with one attached hydrogen (secondary N) is 1. The summed E-state index contributed by atoms with van der Waals surface area (Å²) in [6.07, 6.45) is 0. The molecule has 0 aliphatic heterocycles. The average molecular weight is 377 g/mol. The van der Waals surface area contributed by atoms with Gasteiger partial charge in [0.15, 0.2) is 5.43 Å². The second-order valence-corrected chi connectivity index (χ2v) is 7.46. The predicted octanol–water partition coefficient (Wildman–Crippen LogP) is 4.20. The number of H-pyrrole nitrogens is 1. The van der Waals surface area contributed by atoms with Crippen molar-refractivity contribution in [2.45, 2.75) is 20.0 Å². The van der Waals surface area contributed by atoms with E-state index in [1.54, 1.807) is 42.7 Å². The van der Waals surface area contributed by atoms with Gasteiger partial charge < -0.3 is 9.72 Å². The zero-order valence-corrected chi connectivity index (χ0v) is 15.9. The van der Waals surface area contributed by atoms with E-state index in [4.69, 9.17) is 16.3 Å². The van der Waals surface area contributed by atoms with E-state index in [1.807, 2.05) is 0 Å². The van der Waals surface area contributed by atoms with Gasteiger partial charge in [-0.25, -0.2) is 0 Å². The Morgan fingerprint density at radius 2 is 2.12 bits per heavy atom. The summed E-state index contributed by atoms with van der Waals surface area (Å²) < 4.78 is 5.24. The number of para-hydroxylation sites is 1. The number of halogens is 1. The van der Waals surface area contributed by atoms with Crippen LogP contribution in [-0.4, -0.2) is 30.1 Å². The van der Waals surface area contributed by atoms with Crippen molar-refractivity contribution in [3.8, 4) is 0 Å². The number of hydrogen-bond donors (Lipinski definition) is 1. The molecule has 25 heavy (non-hydrogen) atoms. The number of methoxy groups -OCH3 is 1. The molecule has 0 saturated carbocycles. The highest BCUT2D eigenvalue weighted by atomic mass is 35.5. The SMILES string of the molecule is COCCN(Cc1cc(=O)c2cccc(Cl)c2[nH]1)Cc1sccc1C. The molecule has 0 radical (unpaired) electrons. The topological polar surface area (TPSA) is 45.3 Å². The van der Waals surface area contributed by atoms with Crippen LogP contribution in [0.25, 0.3) is 10.9 Å². The number of aryl methyl sites for hydroxylation is 1. The zero-order chi connectivity index (χ0) is 17.8. The second kappa shape index (κ2) is 8.15. The molecule has 3 rings (SSSR count). The molecule has 4 nitrogen and oxygen atoms in total. The smallest absolute Gasteiger partial charge is 0.189 e. The van der Waals surface area contributed by atoms with Gasteiger partial charge in [0, 0.05) is 48.8 Å². The first-order chi connectivity index (χ1) is 12.1. The molecular formula is C19H21ClN2O2S. The lowest BCUT2D eigenvalue weighted by atomic mass is 10.2. The summed E-state index contributed by atoms with van der Waals surface area (Å²) in [6.45, 7) is 5.02. The van der Waals surface area contributed by atoms with Crippen LogP contribution in [0.5, 0.6) is 0 Å². The third-order valence-corrected chi connectivity index (χ3v) is 5.53. The first-order valence-corrected chi connectivity index (χ1v) is 9.39. The molecule has 0 spiro atoms. The summed E-state index contributed by atoms with van der Waals surface area (Å²) in [7, 11) is 1.70. The Balaban J connectivity index is 1.88. The Hall–Kier alpha value is -1.66. The van der Waals surface area contributed by atoms with Gasteiger partial charge in [-0.2, -0.15) is 0 Å². The van der Waals surface area contributed by atoms with Crippen LogP contribution in [0.2, 0.25) is 5.02 Å². The minimum atomic E-state index is -0.00903. The Kier molecular flexibility index (Phi) is 5.91. The van der Waals surface area contributed by atoms with E-state index in [2.05, 4.69) is 28.3 Å². The highest BCUT2D eigenvalue weighted by molar-refractivity contribution is 7.10. The van der Waals surface area contributed by atoms with Gasteiger partial charge in [0.2, 0.25) is 0 Å². The lowest BCUT2D eigenvalue weighted by molar-refractivity contribution is 0.140. The number of hydrogen-bond acceptors (Lipinski definition) is 4. The first-order valence-electron chi connectivity index (χ1n) is 8.13. The predicted molar refractivity (Wildman–Crippen MR) is 105 cm³/mol. The van der Waals surface area contributed by atoms with E-state index in [9.17, 15) is 4.79 Å². The van der Waals surface area contributed by atoms with Crippen LogP contribution in [0.15, 0.2) is 40.5 Å². The summed E-state index contributed by atoms with van der Waals surface area (Å²) in [5.74, 6) is 0. The number of ether oxygens (including phenoxy) is 1. The Labute approximate surface area is 156 Å². The van der Waals surface area contributed by atoms with E-state index in [0.29, 0.717) is 29.1 Å². The third kappa shape index (κ3) is 4.30. The molecule has 2 aromatic heterocycles. The van der Waals surface area contributed by atoms with Crippen LogP contribution in [0.4, 0.5) is 0 Å². The third-order valence-electron chi connectivity index (χ3n) is 4.21. The molecule has 1 aromatic carbocycles. The van der Waals surface area contributed by atoms with Gasteiger partial charge in [0.05, 0.1) is 17.1 Å². The monoisotopic (exact) mass is 376 g/mol. The molecule has 0 fully saturated rings. The molecule has 0 bridgehead atoms. The Morgan fingerprint density at radius 3 is 2.84 bits per heavy atom. The van der Waals surface area contributed by atoms with Crippen LogP contribution in [0, 0.1) is 6.92 Å². The van der Waals surface area contributed by atoms with E-state index in [-0.39, 0.29) is 5.43 Å². The fourth-order valence-corrected chi connectivity index (χ4v) is 3.99. The van der Waals surface area contributed by atoms with Crippen molar-refractivity contribution in [2.24, 2.45) is 0 Å². The highest BCUT2D eigenvalue weighted by Crippen LogP contribution is 2.21. The molecule has 3 aromatic rings. The minimum absolute atomic E-state index is 0.00903. The lowest BCUT2D eigenvalue weighted by Crippen LogP contribution is -2.27. The molecule has 0 unspecified atom stereocenters. The number of thiophene rings is 1. The molecule has 0 atom stereocenters. The molecule has 0 amide bonds. The van der Waals surface area contributed by atoms with Gasteiger partial charge >= 0.3 is 0 Å². The largest absolute Gasteiger partial charge is 0.383 e. The molecule has 6 heteroatoms. The fourth-order valence-electron chi connectivity index (χ4n) is 2.82. The summed E-state index contributed by atoms with van der Waals surface area (Å²) in [4.78, 5) is 19.3. The van der Waals surface area contributed by atoms with E-state index in [0.717, 1.165) is 18.8 Å². The van der Waals surface area contributed by atoms with Gasteiger partial charge in [-0.1, -0.05) is 17.7 Å². The molecule has 132 valence electrons. The number of aromatic amines is 1. The quantitative estimate of drug-likeness (QED) is 0.672. The Morgan fingerprint density at radius 1 is 1.28 bits per heavy atom. The summed E-state index contributed by atoms with van der Waals surface area (Å²) >= 11 is 8.01. The van der Waals surface area contributed by atoms with Crippen LogP contribution in [-0.2, 0) is 17.8 Å². The maximum atomic E-state index is 12.4. The van der Waals surface area contributed by atoms with Crippen LogP contribution in [0.1, 0.15) is 16.1 Å². The lowest BCUT2D eigenvalue weighted by Gasteiger charge is -2.22. The van der Waals surface area contributed by atoms with Crippen LogP contribution in [0.3, 0.4) is 0 Å².